The van der Waals surface area contributed by atoms with Gasteiger partial charge in [-0.1, -0.05) is 23.4 Å². The molecule has 0 radical (unpaired) electrons. The van der Waals surface area contributed by atoms with E-state index in [-0.39, 0.29) is 11.8 Å². The molecule has 0 saturated carbocycles. The maximum absolute atomic E-state index is 13.3. The van der Waals surface area contributed by atoms with Crippen molar-refractivity contribution in [3.05, 3.63) is 41.9 Å². The molecule has 1 saturated heterocycles. The molecular formula is C20H21N5O2. The molecule has 7 nitrogen and oxygen atoms in total. The molecule has 2 aromatic heterocycles. The predicted molar refractivity (Wildman–Crippen MR) is 102 cm³/mol. The van der Waals surface area contributed by atoms with Crippen LogP contribution in [0.5, 0.6) is 0 Å². The molecule has 0 aliphatic carbocycles. The number of aryl methyl sites for hydroxylation is 1. The van der Waals surface area contributed by atoms with E-state index in [0.29, 0.717) is 12.3 Å². The van der Waals surface area contributed by atoms with Crippen LogP contribution in [0.4, 0.5) is 11.5 Å². The molecular weight excluding hydrogens is 342 g/mol. The SMILES string of the molecule is Cc1noc2ncnc(N3CCC[C@@H](C(=O)N4CCc5ccccc54)C3)c12. The van der Waals surface area contributed by atoms with Gasteiger partial charge in [0.25, 0.3) is 5.71 Å². The van der Waals surface area contributed by atoms with E-state index in [0.717, 1.165) is 54.9 Å². The number of amides is 1. The number of benzene rings is 1. The largest absolute Gasteiger partial charge is 0.355 e. The van der Waals surface area contributed by atoms with Crippen molar-refractivity contribution in [3.8, 4) is 0 Å². The fourth-order valence-corrected chi connectivity index (χ4v) is 4.30. The summed E-state index contributed by atoms with van der Waals surface area (Å²) in [6, 6.07) is 8.21. The minimum atomic E-state index is -0.0323. The Morgan fingerprint density at radius 2 is 2.11 bits per heavy atom. The van der Waals surface area contributed by atoms with Crippen LogP contribution in [0, 0.1) is 12.8 Å². The first-order valence-corrected chi connectivity index (χ1v) is 9.43. The van der Waals surface area contributed by atoms with Gasteiger partial charge >= 0.3 is 0 Å². The summed E-state index contributed by atoms with van der Waals surface area (Å²) in [5.74, 6) is 1.00. The molecule has 3 aromatic rings. The first kappa shape index (κ1) is 16.2. The van der Waals surface area contributed by atoms with Crippen LogP contribution in [0.15, 0.2) is 35.1 Å². The summed E-state index contributed by atoms with van der Waals surface area (Å²) in [6.45, 7) is 4.20. The van der Waals surface area contributed by atoms with E-state index in [1.165, 1.54) is 11.9 Å². The first-order valence-electron chi connectivity index (χ1n) is 9.43. The molecule has 0 N–H and O–H groups in total. The van der Waals surface area contributed by atoms with E-state index in [2.05, 4.69) is 32.2 Å². The van der Waals surface area contributed by atoms with Gasteiger partial charge in [0.15, 0.2) is 0 Å². The lowest BCUT2D eigenvalue weighted by molar-refractivity contribution is -0.122. The summed E-state index contributed by atoms with van der Waals surface area (Å²) < 4.78 is 5.27. The lowest BCUT2D eigenvalue weighted by Crippen LogP contribution is -2.45. The highest BCUT2D eigenvalue weighted by Gasteiger charge is 2.34. The van der Waals surface area contributed by atoms with Gasteiger partial charge < -0.3 is 14.3 Å². The standard InChI is InChI=1S/C20H21N5O2/c1-13-17-18(21-12-22-19(17)27-23-13)24-9-4-6-15(11-24)20(26)25-10-8-14-5-2-3-7-16(14)25/h2-3,5,7,12,15H,4,6,8-11H2,1H3/t15-/m1/s1. The lowest BCUT2D eigenvalue weighted by Gasteiger charge is -2.34. The molecule has 2 aliphatic heterocycles. The Morgan fingerprint density at radius 3 is 3.04 bits per heavy atom. The van der Waals surface area contributed by atoms with Crippen LogP contribution in [0.25, 0.3) is 11.1 Å². The van der Waals surface area contributed by atoms with E-state index in [4.69, 9.17) is 4.52 Å². The number of carbonyl (C=O) groups is 1. The molecule has 0 bridgehead atoms. The molecule has 138 valence electrons. The number of para-hydroxylation sites is 1. The Kier molecular flexibility index (Phi) is 3.81. The molecule has 5 rings (SSSR count). The normalized spacial score (nSPS) is 19.5. The van der Waals surface area contributed by atoms with Gasteiger partial charge in [0, 0.05) is 25.3 Å². The summed E-state index contributed by atoms with van der Waals surface area (Å²) >= 11 is 0. The first-order chi connectivity index (χ1) is 13.2. The number of anilines is 2. The quantitative estimate of drug-likeness (QED) is 0.697. The van der Waals surface area contributed by atoms with Crippen LogP contribution in [0.3, 0.4) is 0 Å². The van der Waals surface area contributed by atoms with Crippen molar-refractivity contribution >= 4 is 28.5 Å². The molecule has 1 fully saturated rings. The third kappa shape index (κ3) is 2.65. The van der Waals surface area contributed by atoms with Crippen molar-refractivity contribution < 1.29 is 9.32 Å². The van der Waals surface area contributed by atoms with Crippen molar-refractivity contribution in [2.75, 3.05) is 29.4 Å². The Bertz CT molecular complexity index is 1010. The fraction of sp³-hybridized carbons (Fsp3) is 0.400. The zero-order valence-corrected chi connectivity index (χ0v) is 15.3. The van der Waals surface area contributed by atoms with Gasteiger partial charge in [-0.05, 0) is 37.8 Å². The second-order valence-corrected chi connectivity index (χ2v) is 7.30. The smallest absolute Gasteiger partial charge is 0.263 e. The van der Waals surface area contributed by atoms with Crippen molar-refractivity contribution in [2.45, 2.75) is 26.2 Å². The van der Waals surface area contributed by atoms with Gasteiger partial charge in [0.2, 0.25) is 5.91 Å². The number of piperidine rings is 1. The van der Waals surface area contributed by atoms with Crippen LogP contribution >= 0.6 is 0 Å². The van der Waals surface area contributed by atoms with Crippen LogP contribution in [-0.4, -0.2) is 40.7 Å². The predicted octanol–water partition coefficient (Wildman–Crippen LogP) is 2.73. The second kappa shape index (κ2) is 6.33. The van der Waals surface area contributed by atoms with Gasteiger partial charge in [-0.15, -0.1) is 0 Å². The molecule has 1 aromatic carbocycles. The lowest BCUT2D eigenvalue weighted by atomic mass is 9.96. The highest BCUT2D eigenvalue weighted by atomic mass is 16.5. The Labute approximate surface area is 157 Å². The van der Waals surface area contributed by atoms with Crippen molar-refractivity contribution in [2.24, 2.45) is 5.92 Å². The molecule has 7 heteroatoms. The van der Waals surface area contributed by atoms with Gasteiger partial charge in [0.1, 0.15) is 17.5 Å². The van der Waals surface area contributed by atoms with E-state index < -0.39 is 0 Å². The van der Waals surface area contributed by atoms with E-state index in [9.17, 15) is 4.79 Å². The molecule has 2 aliphatic rings. The topological polar surface area (TPSA) is 75.4 Å². The van der Waals surface area contributed by atoms with Gasteiger partial charge in [-0.2, -0.15) is 4.98 Å². The monoisotopic (exact) mass is 363 g/mol. The summed E-state index contributed by atoms with van der Waals surface area (Å²) in [4.78, 5) is 26.0. The molecule has 0 unspecified atom stereocenters. The minimum absolute atomic E-state index is 0.0323. The second-order valence-electron chi connectivity index (χ2n) is 7.30. The zero-order valence-electron chi connectivity index (χ0n) is 15.3. The van der Waals surface area contributed by atoms with Crippen LogP contribution in [0.2, 0.25) is 0 Å². The number of carbonyl (C=O) groups excluding carboxylic acids is 1. The van der Waals surface area contributed by atoms with E-state index >= 15 is 0 Å². The summed E-state index contributed by atoms with van der Waals surface area (Å²) in [5.41, 5.74) is 3.61. The number of aromatic nitrogens is 3. The van der Waals surface area contributed by atoms with E-state index in [1.54, 1.807) is 0 Å². The van der Waals surface area contributed by atoms with Gasteiger partial charge in [-0.3, -0.25) is 4.79 Å². The van der Waals surface area contributed by atoms with Gasteiger partial charge in [0.05, 0.1) is 11.6 Å². The summed E-state index contributed by atoms with van der Waals surface area (Å²) in [6.07, 6.45) is 4.31. The molecule has 4 heterocycles. The highest BCUT2D eigenvalue weighted by molar-refractivity contribution is 5.97. The third-order valence-electron chi connectivity index (χ3n) is 5.65. The number of hydrogen-bond acceptors (Lipinski definition) is 6. The molecule has 0 spiro atoms. The molecule has 27 heavy (non-hydrogen) atoms. The average molecular weight is 363 g/mol. The summed E-state index contributed by atoms with van der Waals surface area (Å²) in [7, 11) is 0. The van der Waals surface area contributed by atoms with Gasteiger partial charge in [-0.25, -0.2) is 4.98 Å². The molecule has 1 amide bonds. The minimum Gasteiger partial charge on any atom is -0.355 e. The molecule has 1 atom stereocenters. The Hall–Kier alpha value is -2.96. The number of hydrogen-bond donors (Lipinski definition) is 0. The van der Waals surface area contributed by atoms with E-state index in [1.807, 2.05) is 24.0 Å². The number of fused-ring (bicyclic) bond motifs is 2. The maximum Gasteiger partial charge on any atom is 0.263 e. The number of rotatable bonds is 2. The zero-order chi connectivity index (χ0) is 18.4. The average Bonchev–Trinajstić information content (AvgIpc) is 3.31. The van der Waals surface area contributed by atoms with Crippen LogP contribution < -0.4 is 9.80 Å². The Balaban J connectivity index is 1.41. The van der Waals surface area contributed by atoms with Crippen molar-refractivity contribution in [1.29, 1.82) is 0 Å². The summed E-state index contributed by atoms with van der Waals surface area (Å²) in [5, 5.41) is 4.86. The number of nitrogens with zero attached hydrogens (tertiary/aromatic N) is 5. The van der Waals surface area contributed by atoms with Crippen LogP contribution in [0.1, 0.15) is 24.1 Å². The third-order valence-corrected chi connectivity index (χ3v) is 5.65. The van der Waals surface area contributed by atoms with Crippen molar-refractivity contribution in [1.82, 2.24) is 15.1 Å². The fourth-order valence-electron chi connectivity index (χ4n) is 4.30. The maximum atomic E-state index is 13.3. The Morgan fingerprint density at radius 1 is 1.22 bits per heavy atom. The van der Waals surface area contributed by atoms with Crippen LogP contribution in [-0.2, 0) is 11.2 Å². The highest BCUT2D eigenvalue weighted by Crippen LogP contribution is 2.33. The van der Waals surface area contributed by atoms with Crippen molar-refractivity contribution in [3.63, 3.8) is 0 Å².